The van der Waals surface area contributed by atoms with E-state index in [1.54, 1.807) is 0 Å². The highest BCUT2D eigenvalue weighted by Gasteiger charge is 2.08. The summed E-state index contributed by atoms with van der Waals surface area (Å²) >= 11 is 0. The minimum absolute atomic E-state index is 0.0627. The van der Waals surface area contributed by atoms with Crippen LogP contribution < -0.4 is 10.9 Å². The van der Waals surface area contributed by atoms with Gasteiger partial charge < -0.3 is 15.4 Å². The van der Waals surface area contributed by atoms with Crippen molar-refractivity contribution in [3.05, 3.63) is 63.8 Å². The molecule has 0 aliphatic rings. The number of halogens is 1. The van der Waals surface area contributed by atoms with E-state index in [0.717, 1.165) is 12.1 Å². The van der Waals surface area contributed by atoms with Crippen LogP contribution in [-0.4, -0.2) is 22.6 Å². The van der Waals surface area contributed by atoms with Gasteiger partial charge in [0.25, 0.3) is 5.91 Å². The highest BCUT2D eigenvalue weighted by atomic mass is 19.1. The van der Waals surface area contributed by atoms with Crippen LogP contribution >= 0.6 is 0 Å². The number of hydrogen-bond donors (Lipinski definition) is 3. The molecule has 21 heavy (non-hydrogen) atoms. The van der Waals surface area contributed by atoms with E-state index >= 15 is 0 Å². The Balaban J connectivity index is 2.23. The number of hydrogen-bond acceptors (Lipinski definition) is 3. The van der Waals surface area contributed by atoms with Gasteiger partial charge in [0.2, 0.25) is 5.56 Å². The number of aromatic amines is 1. The zero-order valence-electron chi connectivity index (χ0n) is 10.8. The SMILES string of the molecule is O=C(Nc1ccc(F)c(C#CCO)c1)c1cc[nH]c(=O)c1. The Morgan fingerprint density at radius 3 is 2.86 bits per heavy atom. The number of nitrogens with one attached hydrogen (secondary N) is 2. The van der Waals surface area contributed by atoms with Gasteiger partial charge in [0.15, 0.2) is 0 Å². The van der Waals surface area contributed by atoms with Crippen molar-refractivity contribution in [2.75, 3.05) is 11.9 Å². The van der Waals surface area contributed by atoms with Gasteiger partial charge in [-0.1, -0.05) is 11.8 Å². The lowest BCUT2D eigenvalue weighted by atomic mass is 10.1. The Hall–Kier alpha value is -2.91. The van der Waals surface area contributed by atoms with Crippen LogP contribution in [0.25, 0.3) is 0 Å². The number of aliphatic hydroxyl groups excluding tert-OH is 1. The molecule has 2 rings (SSSR count). The first-order chi connectivity index (χ1) is 10.1. The van der Waals surface area contributed by atoms with E-state index in [2.05, 4.69) is 22.1 Å². The highest BCUT2D eigenvalue weighted by Crippen LogP contribution is 2.14. The molecule has 0 aliphatic carbocycles. The molecule has 0 aliphatic heterocycles. The second-order valence-corrected chi connectivity index (χ2v) is 4.05. The Bertz CT molecular complexity index is 787. The number of rotatable bonds is 2. The fraction of sp³-hybridized carbons (Fsp3) is 0.0667. The van der Waals surface area contributed by atoms with Gasteiger partial charge in [-0.15, -0.1) is 0 Å². The van der Waals surface area contributed by atoms with Gasteiger partial charge in [-0.25, -0.2) is 4.39 Å². The van der Waals surface area contributed by atoms with Crippen LogP contribution in [0.1, 0.15) is 15.9 Å². The van der Waals surface area contributed by atoms with Crippen molar-refractivity contribution in [2.24, 2.45) is 0 Å². The Morgan fingerprint density at radius 1 is 1.33 bits per heavy atom. The van der Waals surface area contributed by atoms with E-state index in [1.165, 1.54) is 24.4 Å². The second-order valence-electron chi connectivity index (χ2n) is 4.05. The Morgan fingerprint density at radius 2 is 2.14 bits per heavy atom. The number of aliphatic hydroxyl groups is 1. The van der Waals surface area contributed by atoms with Crippen molar-refractivity contribution in [1.82, 2.24) is 4.98 Å². The molecule has 1 aromatic heterocycles. The van der Waals surface area contributed by atoms with Crippen LogP contribution in [0, 0.1) is 17.7 Å². The van der Waals surface area contributed by atoms with Gasteiger partial charge in [0.05, 0.1) is 5.56 Å². The van der Waals surface area contributed by atoms with Crippen molar-refractivity contribution in [3.63, 3.8) is 0 Å². The molecule has 5 nitrogen and oxygen atoms in total. The van der Waals surface area contributed by atoms with Gasteiger partial charge in [0.1, 0.15) is 12.4 Å². The summed E-state index contributed by atoms with van der Waals surface area (Å²) < 4.78 is 13.5. The highest BCUT2D eigenvalue weighted by molar-refractivity contribution is 6.04. The molecular weight excluding hydrogens is 275 g/mol. The molecule has 0 radical (unpaired) electrons. The molecular formula is C15H11FN2O3. The molecule has 0 atom stereocenters. The molecule has 0 spiro atoms. The number of H-pyrrole nitrogens is 1. The topological polar surface area (TPSA) is 82.2 Å². The predicted molar refractivity (Wildman–Crippen MR) is 75.4 cm³/mol. The molecule has 6 heteroatoms. The standard InChI is InChI=1S/C15H11FN2O3/c16-13-4-3-12(8-10(13)2-1-7-19)18-15(21)11-5-6-17-14(20)9-11/h3-6,8-9,19H,7H2,(H,17,20)(H,18,21). The molecule has 3 N–H and O–H groups in total. The third kappa shape index (κ3) is 3.78. The van der Waals surface area contributed by atoms with Crippen molar-refractivity contribution >= 4 is 11.6 Å². The maximum absolute atomic E-state index is 13.5. The first-order valence-electron chi connectivity index (χ1n) is 5.99. The number of carbonyl (C=O) groups excluding carboxylic acids is 1. The largest absolute Gasteiger partial charge is 0.384 e. The van der Waals surface area contributed by atoms with E-state index in [0.29, 0.717) is 5.69 Å². The number of carbonyl (C=O) groups is 1. The third-order valence-corrected chi connectivity index (χ3v) is 2.56. The Kier molecular flexibility index (Phi) is 4.49. The van der Waals surface area contributed by atoms with Crippen LogP contribution in [0.3, 0.4) is 0 Å². The average molecular weight is 286 g/mol. The molecule has 0 bridgehead atoms. The van der Waals surface area contributed by atoms with Crippen LogP contribution in [0.5, 0.6) is 0 Å². The second kappa shape index (κ2) is 6.50. The summed E-state index contributed by atoms with van der Waals surface area (Å²) in [5.41, 5.74) is 0.194. The fourth-order valence-electron chi connectivity index (χ4n) is 1.62. The van der Waals surface area contributed by atoms with Gasteiger partial charge in [-0.05, 0) is 24.3 Å². The zero-order valence-corrected chi connectivity index (χ0v) is 10.8. The van der Waals surface area contributed by atoms with Crippen LogP contribution in [-0.2, 0) is 0 Å². The van der Waals surface area contributed by atoms with Gasteiger partial charge in [0, 0.05) is 23.5 Å². The van der Waals surface area contributed by atoms with E-state index in [9.17, 15) is 14.0 Å². The van der Waals surface area contributed by atoms with Gasteiger partial charge in [-0.2, -0.15) is 0 Å². The number of pyridine rings is 1. The molecule has 1 amide bonds. The van der Waals surface area contributed by atoms with Crippen LogP contribution in [0.15, 0.2) is 41.3 Å². The molecule has 1 aromatic carbocycles. The summed E-state index contributed by atoms with van der Waals surface area (Å²) in [6, 6.07) is 6.50. The van der Waals surface area contributed by atoms with E-state index in [1.807, 2.05) is 0 Å². The average Bonchev–Trinajstić information content (AvgIpc) is 2.47. The summed E-state index contributed by atoms with van der Waals surface area (Å²) in [7, 11) is 0. The van der Waals surface area contributed by atoms with Crippen molar-refractivity contribution < 1.29 is 14.3 Å². The number of aromatic nitrogens is 1. The summed E-state index contributed by atoms with van der Waals surface area (Å²) in [5.74, 6) is 3.73. The monoisotopic (exact) mass is 286 g/mol. The van der Waals surface area contributed by atoms with E-state index in [-0.39, 0.29) is 17.7 Å². The summed E-state index contributed by atoms with van der Waals surface area (Å²) in [6.45, 7) is -0.386. The quantitative estimate of drug-likeness (QED) is 0.723. The van der Waals surface area contributed by atoms with Gasteiger partial charge in [-0.3, -0.25) is 9.59 Å². The molecule has 0 fully saturated rings. The van der Waals surface area contributed by atoms with Crippen LogP contribution in [0.2, 0.25) is 0 Å². The molecule has 1 heterocycles. The lowest BCUT2D eigenvalue weighted by molar-refractivity contribution is 0.102. The molecule has 0 saturated carbocycles. The predicted octanol–water partition coefficient (Wildman–Crippen LogP) is 1.11. The van der Waals surface area contributed by atoms with E-state index < -0.39 is 17.3 Å². The number of amides is 1. The molecule has 0 saturated heterocycles. The molecule has 106 valence electrons. The van der Waals surface area contributed by atoms with Crippen molar-refractivity contribution in [1.29, 1.82) is 0 Å². The van der Waals surface area contributed by atoms with Crippen molar-refractivity contribution in [3.8, 4) is 11.8 Å². The fourth-order valence-corrected chi connectivity index (χ4v) is 1.62. The summed E-state index contributed by atoms with van der Waals surface area (Å²) in [6.07, 6.45) is 1.36. The van der Waals surface area contributed by atoms with Crippen molar-refractivity contribution in [2.45, 2.75) is 0 Å². The van der Waals surface area contributed by atoms with Crippen LogP contribution in [0.4, 0.5) is 10.1 Å². The zero-order chi connectivity index (χ0) is 15.2. The minimum Gasteiger partial charge on any atom is -0.384 e. The first kappa shape index (κ1) is 14.5. The molecule has 2 aromatic rings. The lowest BCUT2D eigenvalue weighted by Crippen LogP contribution is -2.15. The normalized spacial score (nSPS) is 9.62. The third-order valence-electron chi connectivity index (χ3n) is 2.56. The van der Waals surface area contributed by atoms with Gasteiger partial charge >= 0.3 is 0 Å². The minimum atomic E-state index is -0.551. The summed E-state index contributed by atoms with van der Waals surface area (Å²) in [4.78, 5) is 25.5. The number of anilines is 1. The Labute approximate surface area is 119 Å². The first-order valence-corrected chi connectivity index (χ1v) is 5.99. The molecule has 0 unspecified atom stereocenters. The number of benzene rings is 1. The summed E-state index contributed by atoms with van der Waals surface area (Å²) in [5, 5.41) is 11.2. The lowest BCUT2D eigenvalue weighted by Gasteiger charge is -2.06. The smallest absolute Gasteiger partial charge is 0.255 e. The maximum atomic E-state index is 13.5. The maximum Gasteiger partial charge on any atom is 0.255 e. The van der Waals surface area contributed by atoms with E-state index in [4.69, 9.17) is 5.11 Å².